The second-order valence-corrected chi connectivity index (χ2v) is 14.7. The molecule has 5 N–H and O–H groups in total. The zero-order valence-electron chi connectivity index (χ0n) is 30.5. The number of nitrogens with zero attached hydrogens (tertiary/aromatic N) is 2. The molecule has 5 aromatic rings. The Labute approximate surface area is 314 Å². The lowest BCUT2D eigenvalue weighted by Crippen LogP contribution is -2.50. The Hall–Kier alpha value is -5.49. The molecule has 0 radical (unpaired) electrons. The van der Waals surface area contributed by atoms with Gasteiger partial charge in [0.15, 0.2) is 0 Å². The zero-order chi connectivity index (χ0) is 37.7. The quantitative estimate of drug-likeness (QED) is 0.0943. The molecule has 11 heteroatoms. The third-order valence-corrected chi connectivity index (χ3v) is 10.9. The number of phenolic OH excluding ortho intramolecular Hbond substituents is 1. The average Bonchev–Trinajstić information content (AvgIpc) is 3.17. The van der Waals surface area contributed by atoms with E-state index in [4.69, 9.17) is 4.74 Å². The summed E-state index contributed by atoms with van der Waals surface area (Å²) in [7, 11) is 1.76. The molecule has 1 saturated heterocycles. The van der Waals surface area contributed by atoms with Crippen molar-refractivity contribution in [1.29, 1.82) is 0 Å². The van der Waals surface area contributed by atoms with Crippen molar-refractivity contribution in [2.45, 2.75) is 44.4 Å². The van der Waals surface area contributed by atoms with E-state index in [1.54, 1.807) is 24.1 Å². The van der Waals surface area contributed by atoms with Crippen LogP contribution in [0.2, 0.25) is 0 Å². The molecule has 1 atom stereocenters. The first-order chi connectivity index (χ1) is 26.2. The number of carbonyl (C=O) groups excluding carboxylic acids is 2. The van der Waals surface area contributed by atoms with E-state index in [-0.39, 0.29) is 35.3 Å². The number of rotatable bonds is 12. The third-order valence-electron chi connectivity index (χ3n) is 10.9. The van der Waals surface area contributed by atoms with E-state index in [1.807, 2.05) is 78.9 Å². The molecule has 0 bridgehead atoms. The lowest BCUT2D eigenvalue weighted by molar-refractivity contribution is -0.0714. The highest BCUT2D eigenvalue weighted by Gasteiger charge is 2.47. The molecule has 11 nitrogen and oxygen atoms in total. The van der Waals surface area contributed by atoms with Gasteiger partial charge in [-0.1, -0.05) is 66.7 Å². The Kier molecular flexibility index (Phi) is 11.1. The minimum Gasteiger partial charge on any atom is -0.506 e. The Balaban J connectivity index is 0.810. The summed E-state index contributed by atoms with van der Waals surface area (Å²) in [6, 6.07) is 31.6. The SMILES string of the molecule is CN(CCNC[C@H](O)c1ccc(O)c2[nH]c(=O)ccc12)C(=O)c1ccc(CN2CCC3(CC2)CC(OC(=O)Nc2ccccc2-c2ccccc2)C3)cc1. The maximum absolute atomic E-state index is 13.1. The third kappa shape index (κ3) is 8.49. The van der Waals surface area contributed by atoms with Crippen molar-refractivity contribution >= 4 is 28.6 Å². The van der Waals surface area contributed by atoms with Crippen LogP contribution in [0.1, 0.15) is 53.3 Å². The number of piperidine rings is 1. The van der Waals surface area contributed by atoms with Gasteiger partial charge in [-0.05, 0) is 91.2 Å². The van der Waals surface area contributed by atoms with Gasteiger partial charge in [0.2, 0.25) is 5.56 Å². The van der Waals surface area contributed by atoms with E-state index < -0.39 is 12.2 Å². The van der Waals surface area contributed by atoms with Crippen LogP contribution in [-0.2, 0) is 11.3 Å². The van der Waals surface area contributed by atoms with Crippen LogP contribution in [0.25, 0.3) is 22.0 Å². The van der Waals surface area contributed by atoms with Gasteiger partial charge in [0, 0.05) is 55.8 Å². The van der Waals surface area contributed by atoms with E-state index in [1.165, 1.54) is 12.1 Å². The van der Waals surface area contributed by atoms with E-state index in [0.29, 0.717) is 35.1 Å². The number of carbonyl (C=O) groups is 2. The summed E-state index contributed by atoms with van der Waals surface area (Å²) < 4.78 is 5.83. The first kappa shape index (κ1) is 36.9. The fraction of sp³-hybridized carbons (Fsp3) is 0.326. The number of para-hydroxylation sites is 1. The van der Waals surface area contributed by atoms with Gasteiger partial charge < -0.3 is 30.2 Å². The van der Waals surface area contributed by atoms with Gasteiger partial charge in [0.1, 0.15) is 11.9 Å². The first-order valence-electron chi connectivity index (χ1n) is 18.6. The molecule has 4 aromatic carbocycles. The summed E-state index contributed by atoms with van der Waals surface area (Å²) in [5, 5.41) is 27.6. The molecule has 1 aliphatic heterocycles. The zero-order valence-corrected chi connectivity index (χ0v) is 30.5. The van der Waals surface area contributed by atoms with Gasteiger partial charge in [0.05, 0.1) is 17.3 Å². The summed E-state index contributed by atoms with van der Waals surface area (Å²) in [6.45, 7) is 3.95. The fourth-order valence-electron chi connectivity index (χ4n) is 7.81. The van der Waals surface area contributed by atoms with Crippen molar-refractivity contribution in [1.82, 2.24) is 20.1 Å². The Morgan fingerprint density at radius 2 is 1.67 bits per heavy atom. The van der Waals surface area contributed by atoms with Crippen LogP contribution in [0.4, 0.5) is 10.5 Å². The molecule has 54 heavy (non-hydrogen) atoms. The Morgan fingerprint density at radius 3 is 2.43 bits per heavy atom. The summed E-state index contributed by atoms with van der Waals surface area (Å²) in [5.41, 5.74) is 5.31. The number of aromatic nitrogens is 1. The highest BCUT2D eigenvalue weighted by atomic mass is 16.6. The van der Waals surface area contributed by atoms with Crippen molar-refractivity contribution in [3.63, 3.8) is 0 Å². The van der Waals surface area contributed by atoms with Gasteiger partial charge >= 0.3 is 6.09 Å². The number of aromatic amines is 1. The van der Waals surface area contributed by atoms with Crippen molar-refractivity contribution in [3.8, 4) is 16.9 Å². The van der Waals surface area contributed by atoms with Crippen LogP contribution in [-0.4, -0.2) is 82.9 Å². The summed E-state index contributed by atoms with van der Waals surface area (Å²) in [5.74, 6) is -0.131. The number of nitrogens with one attached hydrogen (secondary N) is 3. The van der Waals surface area contributed by atoms with E-state index in [0.717, 1.165) is 67.7 Å². The number of benzene rings is 4. The average molecular weight is 730 g/mol. The van der Waals surface area contributed by atoms with Crippen molar-refractivity contribution in [2.24, 2.45) is 5.41 Å². The maximum atomic E-state index is 13.1. The van der Waals surface area contributed by atoms with E-state index >= 15 is 0 Å². The first-order valence-corrected chi connectivity index (χ1v) is 18.6. The number of amides is 2. The van der Waals surface area contributed by atoms with Gasteiger partial charge in [-0.25, -0.2) is 4.79 Å². The number of ether oxygens (including phenoxy) is 1. The van der Waals surface area contributed by atoms with Crippen LogP contribution < -0.4 is 16.2 Å². The van der Waals surface area contributed by atoms with Gasteiger partial charge in [-0.2, -0.15) is 0 Å². The summed E-state index contributed by atoms with van der Waals surface area (Å²) >= 11 is 0. The second kappa shape index (κ2) is 16.3. The number of H-pyrrole nitrogens is 1. The number of aromatic hydroxyl groups is 1. The van der Waals surface area contributed by atoms with Crippen molar-refractivity contribution in [3.05, 3.63) is 130 Å². The number of hydrogen-bond donors (Lipinski definition) is 5. The molecule has 1 aromatic heterocycles. The lowest BCUT2D eigenvalue weighted by atomic mass is 9.61. The number of aliphatic hydroxyl groups excluding tert-OH is 1. The Morgan fingerprint density at radius 1 is 0.944 bits per heavy atom. The number of anilines is 1. The van der Waals surface area contributed by atoms with Crippen LogP contribution in [0.3, 0.4) is 0 Å². The number of pyridine rings is 1. The Bertz CT molecular complexity index is 2140. The highest BCUT2D eigenvalue weighted by molar-refractivity contribution is 5.94. The molecule has 2 heterocycles. The molecular weight excluding hydrogens is 683 g/mol. The predicted molar refractivity (Wildman–Crippen MR) is 209 cm³/mol. The molecule has 1 saturated carbocycles. The lowest BCUT2D eigenvalue weighted by Gasteiger charge is -2.51. The molecule has 1 spiro atoms. The predicted octanol–water partition coefficient (Wildman–Crippen LogP) is 6.29. The summed E-state index contributed by atoms with van der Waals surface area (Å²) in [4.78, 5) is 44.3. The molecule has 1 aliphatic carbocycles. The fourth-order valence-corrected chi connectivity index (χ4v) is 7.81. The largest absolute Gasteiger partial charge is 0.506 e. The van der Waals surface area contributed by atoms with E-state index in [9.17, 15) is 24.6 Å². The van der Waals surface area contributed by atoms with Gasteiger partial charge in [-0.15, -0.1) is 0 Å². The van der Waals surface area contributed by atoms with Crippen LogP contribution in [0.5, 0.6) is 5.75 Å². The van der Waals surface area contributed by atoms with Gasteiger partial charge in [-0.3, -0.25) is 19.8 Å². The minimum atomic E-state index is -0.870. The molecule has 2 amide bonds. The molecule has 2 aliphatic rings. The van der Waals surface area contributed by atoms with Crippen molar-refractivity contribution in [2.75, 3.05) is 45.1 Å². The smallest absolute Gasteiger partial charge is 0.411 e. The number of hydrogen-bond acceptors (Lipinski definition) is 8. The maximum Gasteiger partial charge on any atom is 0.411 e. The number of phenols is 1. The number of fused-ring (bicyclic) bond motifs is 1. The van der Waals surface area contributed by atoms with Crippen LogP contribution >= 0.6 is 0 Å². The number of aliphatic hydroxyl groups is 1. The second-order valence-electron chi connectivity index (χ2n) is 14.7. The summed E-state index contributed by atoms with van der Waals surface area (Å²) in [6.07, 6.45) is 2.60. The number of likely N-dealkylation sites (tertiary alicyclic amines) is 1. The highest BCUT2D eigenvalue weighted by Crippen LogP contribution is 2.50. The molecule has 7 rings (SSSR count). The van der Waals surface area contributed by atoms with Crippen LogP contribution in [0, 0.1) is 5.41 Å². The van der Waals surface area contributed by atoms with Crippen LogP contribution in [0.15, 0.2) is 108 Å². The topological polar surface area (TPSA) is 147 Å². The monoisotopic (exact) mass is 729 g/mol. The van der Waals surface area contributed by atoms with E-state index in [2.05, 4.69) is 20.5 Å². The normalized spacial score (nSPS) is 16.1. The van der Waals surface area contributed by atoms with Gasteiger partial charge in [0.25, 0.3) is 5.91 Å². The molecular formula is C43H47N5O6. The number of likely N-dealkylation sites (N-methyl/N-ethyl adjacent to an activating group) is 1. The minimum absolute atomic E-state index is 0.0553. The molecule has 0 unspecified atom stereocenters. The standard InChI is InChI=1S/C43H47N5O6/c1-47(24-21-44-27-38(50)34-15-17-37(49)40-35(34)16-18-39(51)46-40)41(52)31-13-11-29(12-14-31)28-48-22-19-43(20-23-48)25-32(26-43)54-42(53)45-36-10-6-5-9-33(36)30-7-3-2-4-8-30/h2-18,32,38,44,49-50H,19-28H2,1H3,(H,45,53)(H,46,51)/t38-/m0/s1. The van der Waals surface area contributed by atoms with Crippen molar-refractivity contribution < 1.29 is 24.5 Å². The molecule has 280 valence electrons. The molecule has 2 fully saturated rings.